The topological polar surface area (TPSA) is 102 Å². The van der Waals surface area contributed by atoms with E-state index in [4.69, 9.17) is 9.47 Å². The fourth-order valence-electron chi connectivity index (χ4n) is 3.70. The average molecular weight is 497 g/mol. The van der Waals surface area contributed by atoms with E-state index in [0.717, 1.165) is 29.3 Å². The number of nitrogens with zero attached hydrogens (tertiary/aromatic N) is 2. The van der Waals surface area contributed by atoms with Gasteiger partial charge in [0.2, 0.25) is 5.91 Å². The summed E-state index contributed by atoms with van der Waals surface area (Å²) in [4.78, 5) is 33.4. The summed E-state index contributed by atoms with van der Waals surface area (Å²) < 4.78 is 11.0. The lowest BCUT2D eigenvalue weighted by Crippen LogP contribution is -2.13. The number of aryl methyl sites for hydroxylation is 1. The van der Waals surface area contributed by atoms with Crippen LogP contribution in [0.2, 0.25) is 0 Å². The number of hydrogen-bond acceptors (Lipinski definition) is 6. The van der Waals surface area contributed by atoms with Crippen molar-refractivity contribution in [2.75, 3.05) is 24.4 Å². The van der Waals surface area contributed by atoms with Crippen molar-refractivity contribution in [3.8, 4) is 11.5 Å². The van der Waals surface area contributed by atoms with Gasteiger partial charge < -0.3 is 20.1 Å². The maximum absolute atomic E-state index is 12.7. The molecule has 4 rings (SSSR count). The number of hydrogen-bond donors (Lipinski definition) is 2. The number of benzene rings is 2. The van der Waals surface area contributed by atoms with Crippen LogP contribution in [-0.4, -0.2) is 35.5 Å². The van der Waals surface area contributed by atoms with Gasteiger partial charge in [-0.3, -0.25) is 14.6 Å². The first-order valence-corrected chi connectivity index (χ1v) is 11.9. The Bertz CT molecular complexity index is 1420. The molecule has 4 aromatic rings. The Morgan fingerprint density at radius 2 is 1.76 bits per heavy atom. The van der Waals surface area contributed by atoms with E-state index in [1.807, 2.05) is 18.2 Å². The number of anilines is 2. The molecule has 0 saturated heterocycles. The van der Waals surface area contributed by atoms with Gasteiger partial charge >= 0.3 is 0 Å². The lowest BCUT2D eigenvalue weighted by Gasteiger charge is -2.11. The van der Waals surface area contributed by atoms with Crippen molar-refractivity contribution < 1.29 is 19.1 Å². The van der Waals surface area contributed by atoms with E-state index in [2.05, 4.69) is 27.5 Å². The Balaban J connectivity index is 1.46. The highest BCUT2D eigenvalue weighted by Crippen LogP contribution is 2.31. The third-order valence-electron chi connectivity index (χ3n) is 5.45. The number of aromatic nitrogens is 2. The number of rotatable bonds is 10. The second-order valence-corrected chi connectivity index (χ2v) is 8.27. The molecular weight excluding hydrogens is 468 g/mol. The standard InChI is InChI=1S/C29H28N4O4/c1-3-5-20-13-15-31-27(18-20)33-29(35)21-7-10-23(11-8-21)37-26-14-16-30-25-12-9-22(19-24(25)26)32-28(34)6-4-17-36-2/h4,6-16,18-19H,3,5,17H2,1-2H3,(H,32,34)(H,31,33,35)/b6-4+. The molecule has 0 spiro atoms. The summed E-state index contributed by atoms with van der Waals surface area (Å²) in [5.74, 6) is 1.15. The maximum Gasteiger partial charge on any atom is 0.256 e. The molecule has 0 aliphatic heterocycles. The quantitative estimate of drug-likeness (QED) is 0.270. The van der Waals surface area contributed by atoms with Crippen LogP contribution in [0.3, 0.4) is 0 Å². The number of amides is 2. The minimum atomic E-state index is -0.260. The molecule has 2 aromatic carbocycles. The molecule has 0 saturated carbocycles. The van der Waals surface area contributed by atoms with Gasteiger partial charge in [0, 0.05) is 42.2 Å². The van der Waals surface area contributed by atoms with Crippen LogP contribution >= 0.6 is 0 Å². The molecule has 2 N–H and O–H groups in total. The van der Waals surface area contributed by atoms with Crippen LogP contribution < -0.4 is 15.4 Å². The fourth-order valence-corrected chi connectivity index (χ4v) is 3.70. The largest absolute Gasteiger partial charge is 0.457 e. The first kappa shape index (κ1) is 25.5. The molecule has 0 aliphatic carbocycles. The van der Waals surface area contributed by atoms with Gasteiger partial charge in [-0.25, -0.2) is 4.98 Å². The molecule has 37 heavy (non-hydrogen) atoms. The molecule has 0 fully saturated rings. The van der Waals surface area contributed by atoms with Crippen LogP contribution in [0.15, 0.2) is 85.2 Å². The fraction of sp³-hybridized carbons (Fsp3) is 0.172. The molecule has 8 nitrogen and oxygen atoms in total. The molecule has 0 aliphatic rings. The van der Waals surface area contributed by atoms with E-state index < -0.39 is 0 Å². The number of nitrogens with one attached hydrogen (secondary N) is 2. The first-order valence-electron chi connectivity index (χ1n) is 11.9. The van der Waals surface area contributed by atoms with Gasteiger partial charge in [0.1, 0.15) is 17.3 Å². The lowest BCUT2D eigenvalue weighted by atomic mass is 10.1. The maximum atomic E-state index is 12.7. The zero-order chi connectivity index (χ0) is 26.0. The molecule has 0 unspecified atom stereocenters. The van der Waals surface area contributed by atoms with Gasteiger partial charge in [-0.05, 0) is 72.6 Å². The third-order valence-corrected chi connectivity index (χ3v) is 5.45. The Morgan fingerprint density at radius 3 is 2.54 bits per heavy atom. The van der Waals surface area contributed by atoms with Crippen LogP contribution in [-0.2, 0) is 16.0 Å². The van der Waals surface area contributed by atoms with Crippen molar-refractivity contribution in [2.45, 2.75) is 19.8 Å². The van der Waals surface area contributed by atoms with Crippen molar-refractivity contribution in [1.82, 2.24) is 9.97 Å². The Hall–Kier alpha value is -4.56. The molecule has 188 valence electrons. The third kappa shape index (κ3) is 6.99. The summed E-state index contributed by atoms with van der Waals surface area (Å²) in [5, 5.41) is 6.40. The SMILES string of the molecule is CCCc1ccnc(NC(=O)c2ccc(Oc3ccnc4ccc(NC(=O)/C=C/COC)cc34)cc2)c1. The summed E-state index contributed by atoms with van der Waals surface area (Å²) in [6.07, 6.45) is 8.37. The molecule has 2 amide bonds. The van der Waals surface area contributed by atoms with Crippen LogP contribution in [0.25, 0.3) is 10.9 Å². The van der Waals surface area contributed by atoms with Gasteiger partial charge in [-0.1, -0.05) is 19.4 Å². The second kappa shape index (κ2) is 12.4. The minimum Gasteiger partial charge on any atom is -0.457 e. The van der Waals surface area contributed by atoms with E-state index in [-0.39, 0.29) is 11.8 Å². The number of methoxy groups -OCH3 is 1. The molecule has 0 radical (unpaired) electrons. The highest BCUT2D eigenvalue weighted by molar-refractivity contribution is 6.04. The van der Waals surface area contributed by atoms with Gasteiger partial charge in [0.25, 0.3) is 5.91 Å². The van der Waals surface area contributed by atoms with Gasteiger partial charge in [-0.15, -0.1) is 0 Å². The van der Waals surface area contributed by atoms with Gasteiger partial charge in [0.05, 0.1) is 12.1 Å². The zero-order valence-electron chi connectivity index (χ0n) is 20.7. The van der Waals surface area contributed by atoms with Crippen LogP contribution in [0, 0.1) is 0 Å². The first-order chi connectivity index (χ1) is 18.1. The Morgan fingerprint density at radius 1 is 0.946 bits per heavy atom. The minimum absolute atomic E-state index is 0.248. The van der Waals surface area contributed by atoms with E-state index in [1.165, 1.54) is 6.08 Å². The van der Waals surface area contributed by atoms with Crippen molar-refractivity contribution in [2.24, 2.45) is 0 Å². The van der Waals surface area contributed by atoms with E-state index >= 15 is 0 Å². The summed E-state index contributed by atoms with van der Waals surface area (Å²) in [6, 6.07) is 17.8. The smallest absolute Gasteiger partial charge is 0.256 e. The highest BCUT2D eigenvalue weighted by atomic mass is 16.5. The van der Waals surface area contributed by atoms with Crippen LogP contribution in [0.5, 0.6) is 11.5 Å². The van der Waals surface area contributed by atoms with Crippen molar-refractivity contribution >= 4 is 34.2 Å². The van der Waals surface area contributed by atoms with E-state index in [9.17, 15) is 9.59 Å². The molecule has 0 atom stereocenters. The second-order valence-electron chi connectivity index (χ2n) is 8.27. The predicted octanol–water partition coefficient (Wildman–Crippen LogP) is 5.77. The van der Waals surface area contributed by atoms with Crippen molar-refractivity contribution in [3.63, 3.8) is 0 Å². The molecule has 2 aromatic heterocycles. The predicted molar refractivity (Wildman–Crippen MR) is 144 cm³/mol. The molecule has 8 heteroatoms. The molecule has 0 bridgehead atoms. The average Bonchev–Trinajstić information content (AvgIpc) is 2.90. The highest BCUT2D eigenvalue weighted by Gasteiger charge is 2.10. The number of ether oxygens (including phenoxy) is 2. The Kier molecular flexibility index (Phi) is 8.57. The number of fused-ring (bicyclic) bond motifs is 1. The van der Waals surface area contributed by atoms with Crippen molar-refractivity contribution in [3.05, 3.63) is 96.3 Å². The summed E-state index contributed by atoms with van der Waals surface area (Å²) >= 11 is 0. The van der Waals surface area contributed by atoms with Crippen LogP contribution in [0.1, 0.15) is 29.3 Å². The van der Waals surface area contributed by atoms with Crippen LogP contribution in [0.4, 0.5) is 11.5 Å². The summed E-state index contributed by atoms with van der Waals surface area (Å²) in [5.41, 5.74) is 2.95. The Labute approximate surface area is 215 Å². The number of pyridine rings is 2. The van der Waals surface area contributed by atoms with E-state index in [1.54, 1.807) is 68.0 Å². The van der Waals surface area contributed by atoms with Gasteiger partial charge in [-0.2, -0.15) is 0 Å². The summed E-state index contributed by atoms with van der Waals surface area (Å²) in [7, 11) is 1.56. The number of carbonyl (C=O) groups is 2. The summed E-state index contributed by atoms with van der Waals surface area (Å²) in [6.45, 7) is 2.47. The van der Waals surface area contributed by atoms with Crippen molar-refractivity contribution in [1.29, 1.82) is 0 Å². The monoisotopic (exact) mass is 496 g/mol. The lowest BCUT2D eigenvalue weighted by molar-refractivity contribution is -0.111. The van der Waals surface area contributed by atoms with Gasteiger partial charge in [0.15, 0.2) is 0 Å². The molecule has 2 heterocycles. The van der Waals surface area contributed by atoms with E-state index in [0.29, 0.717) is 35.2 Å². The normalized spacial score (nSPS) is 11.0. The zero-order valence-corrected chi connectivity index (χ0v) is 20.7. The number of carbonyl (C=O) groups excluding carboxylic acids is 2. The molecular formula is C29H28N4O4.